The second kappa shape index (κ2) is 12.7. The fourth-order valence-corrected chi connectivity index (χ4v) is 1.80. The van der Waals surface area contributed by atoms with Crippen molar-refractivity contribution in [3.8, 4) is 0 Å². The van der Waals surface area contributed by atoms with Crippen molar-refractivity contribution in [2.45, 2.75) is 13.5 Å². The predicted molar refractivity (Wildman–Crippen MR) is 78.9 cm³/mol. The number of likely N-dealkylation sites (N-methyl/N-ethyl adjacent to an activating group) is 1. The van der Waals surface area contributed by atoms with Crippen LogP contribution >= 0.6 is 0 Å². The minimum atomic E-state index is -0.350. The number of hydrogen-bond acceptors (Lipinski definition) is 2. The van der Waals surface area contributed by atoms with Gasteiger partial charge in [0.05, 0.1) is 13.6 Å². The zero-order chi connectivity index (χ0) is 13.4. The highest BCUT2D eigenvalue weighted by molar-refractivity contribution is 5.81. The van der Waals surface area contributed by atoms with Crippen molar-refractivity contribution in [2.75, 3.05) is 26.7 Å². The third kappa shape index (κ3) is 9.47. The molecule has 0 aliphatic rings. The van der Waals surface area contributed by atoms with Crippen LogP contribution in [0.25, 0.3) is 0 Å². The van der Waals surface area contributed by atoms with Gasteiger partial charge >= 0.3 is 5.97 Å². The molecule has 4 nitrogen and oxygen atoms in total. The van der Waals surface area contributed by atoms with Gasteiger partial charge in [-0.15, -0.1) is 0 Å². The van der Waals surface area contributed by atoms with Gasteiger partial charge in [-0.3, -0.25) is 0 Å². The van der Waals surface area contributed by atoms with Crippen molar-refractivity contribution in [2.24, 2.45) is 0 Å². The lowest BCUT2D eigenvalue weighted by Crippen LogP contribution is -3.00. The molecular formula is C15H26Cl2N2O2. The van der Waals surface area contributed by atoms with Crippen molar-refractivity contribution in [1.82, 2.24) is 6.15 Å². The van der Waals surface area contributed by atoms with Crippen molar-refractivity contribution in [3.05, 3.63) is 48.6 Å². The van der Waals surface area contributed by atoms with Crippen LogP contribution in [0.1, 0.15) is 12.5 Å². The first-order valence-electron chi connectivity index (χ1n) is 6.26. The van der Waals surface area contributed by atoms with Crippen LogP contribution in [0.15, 0.2) is 43.0 Å². The third-order valence-corrected chi connectivity index (χ3v) is 3.21. The molecule has 0 bridgehead atoms. The van der Waals surface area contributed by atoms with Gasteiger partial charge in [-0.05, 0) is 6.92 Å². The van der Waals surface area contributed by atoms with Crippen LogP contribution in [0.5, 0.6) is 0 Å². The smallest absolute Gasteiger partial charge is 0.330 e. The Labute approximate surface area is 140 Å². The molecule has 6 heteroatoms. The van der Waals surface area contributed by atoms with E-state index in [9.17, 15) is 4.79 Å². The molecule has 1 rings (SSSR count). The maximum absolute atomic E-state index is 11.0. The third-order valence-electron chi connectivity index (χ3n) is 3.21. The summed E-state index contributed by atoms with van der Waals surface area (Å²) in [7, 11) is 2.18. The molecule has 4 N–H and O–H groups in total. The fraction of sp³-hybridized carbons (Fsp3) is 0.400. The molecule has 1 atom stereocenters. The molecular weight excluding hydrogens is 311 g/mol. The number of esters is 1. The number of carbonyl (C=O) groups excluding carboxylic acids is 1. The molecule has 0 fully saturated rings. The van der Waals surface area contributed by atoms with Crippen LogP contribution in [-0.2, 0) is 16.1 Å². The van der Waals surface area contributed by atoms with E-state index in [-0.39, 0.29) is 36.9 Å². The number of hydrogen-bond donors (Lipinski definition) is 1. The lowest BCUT2D eigenvalue weighted by atomic mass is 10.2. The summed E-state index contributed by atoms with van der Waals surface area (Å²) in [4.78, 5) is 11.0. The van der Waals surface area contributed by atoms with E-state index in [1.807, 2.05) is 18.2 Å². The van der Waals surface area contributed by atoms with E-state index in [0.717, 1.165) is 24.1 Å². The van der Waals surface area contributed by atoms with Gasteiger partial charge in [-0.25, -0.2) is 4.79 Å². The number of halogens is 2. The Bertz CT molecular complexity index is 402. The average Bonchev–Trinajstić information content (AvgIpc) is 2.39. The maximum atomic E-state index is 11.0. The number of quaternary nitrogens is 2. The van der Waals surface area contributed by atoms with E-state index in [2.05, 4.69) is 32.7 Å². The Morgan fingerprint density at radius 3 is 2.33 bits per heavy atom. The predicted octanol–water partition coefficient (Wildman–Crippen LogP) is -3.23. The minimum absolute atomic E-state index is 0. The van der Waals surface area contributed by atoms with Gasteiger partial charge in [0.25, 0.3) is 0 Å². The molecule has 21 heavy (non-hydrogen) atoms. The summed E-state index contributed by atoms with van der Waals surface area (Å²) in [6, 6.07) is 10.4. The van der Waals surface area contributed by atoms with Gasteiger partial charge in [0, 0.05) is 11.6 Å². The van der Waals surface area contributed by atoms with Gasteiger partial charge in [-0.1, -0.05) is 36.9 Å². The van der Waals surface area contributed by atoms with Crippen molar-refractivity contribution in [1.29, 1.82) is 0 Å². The molecule has 0 spiro atoms. The fourth-order valence-electron chi connectivity index (χ4n) is 1.80. The second-order valence-electron chi connectivity index (χ2n) is 4.67. The number of ether oxygens (including phenoxy) is 1. The summed E-state index contributed by atoms with van der Waals surface area (Å²) >= 11 is 0. The molecule has 0 saturated heterocycles. The van der Waals surface area contributed by atoms with Gasteiger partial charge in [0.1, 0.15) is 19.7 Å². The highest BCUT2D eigenvalue weighted by atomic mass is 35.5. The Balaban J connectivity index is -0.00000108. The van der Waals surface area contributed by atoms with Crippen LogP contribution in [0.2, 0.25) is 0 Å². The second-order valence-corrected chi connectivity index (χ2v) is 4.67. The SMILES string of the molecule is C=CC(=O)OCC[N+](C)(CC)Cc1ccccc1.[Cl-].[Cl-].[NH4+]. The summed E-state index contributed by atoms with van der Waals surface area (Å²) in [6.45, 7) is 8.73. The van der Waals surface area contributed by atoms with E-state index >= 15 is 0 Å². The maximum Gasteiger partial charge on any atom is 0.330 e. The van der Waals surface area contributed by atoms with Crippen LogP contribution in [-0.4, -0.2) is 37.2 Å². The molecule has 1 unspecified atom stereocenters. The Morgan fingerprint density at radius 2 is 1.86 bits per heavy atom. The van der Waals surface area contributed by atoms with Crippen molar-refractivity contribution < 1.29 is 38.8 Å². The van der Waals surface area contributed by atoms with Crippen molar-refractivity contribution >= 4 is 5.97 Å². The first-order chi connectivity index (χ1) is 8.59. The molecule has 0 saturated carbocycles. The monoisotopic (exact) mass is 336 g/mol. The molecule has 1 aromatic carbocycles. The molecule has 0 amide bonds. The largest absolute Gasteiger partial charge is 1.00 e. The standard InChI is InChI=1S/C15H22NO2.2ClH.H3N/c1-4-15(17)18-12-11-16(3,5-2)13-14-9-7-6-8-10-14;;;/h4,6-10H,1,5,11-13H2,2-3H3;2*1H;1H3/q+1;;;/p-1. The van der Waals surface area contributed by atoms with Crippen molar-refractivity contribution in [3.63, 3.8) is 0 Å². The topological polar surface area (TPSA) is 62.8 Å². The Hall–Kier alpha value is -1.07. The van der Waals surface area contributed by atoms with E-state index in [4.69, 9.17) is 4.74 Å². The lowest BCUT2D eigenvalue weighted by Gasteiger charge is -2.33. The first-order valence-corrected chi connectivity index (χ1v) is 6.26. The normalized spacial score (nSPS) is 11.7. The van der Waals surface area contributed by atoms with Gasteiger partial charge in [0.2, 0.25) is 0 Å². The molecule has 0 aliphatic carbocycles. The minimum Gasteiger partial charge on any atom is -1.00 e. The number of nitrogens with zero attached hydrogens (tertiary/aromatic N) is 1. The van der Waals surface area contributed by atoms with Crippen LogP contribution < -0.4 is 31.0 Å². The number of carbonyl (C=O) groups is 1. The molecule has 0 heterocycles. The Kier molecular flexibility index (Phi) is 15.0. The van der Waals surface area contributed by atoms with E-state index < -0.39 is 0 Å². The number of benzene rings is 1. The van der Waals surface area contributed by atoms with Gasteiger partial charge in [-0.2, -0.15) is 0 Å². The van der Waals surface area contributed by atoms with Gasteiger partial charge < -0.3 is 40.2 Å². The summed E-state index contributed by atoms with van der Waals surface area (Å²) < 4.78 is 5.91. The zero-order valence-corrected chi connectivity index (χ0v) is 14.5. The first kappa shape index (κ1) is 24.9. The molecule has 122 valence electrons. The summed E-state index contributed by atoms with van der Waals surface area (Å²) in [5.41, 5.74) is 1.30. The highest BCUT2D eigenvalue weighted by Gasteiger charge is 2.20. The number of rotatable bonds is 7. The lowest BCUT2D eigenvalue weighted by molar-refractivity contribution is -0.921. The van der Waals surface area contributed by atoms with E-state index in [1.165, 1.54) is 11.6 Å². The average molecular weight is 337 g/mol. The van der Waals surface area contributed by atoms with Gasteiger partial charge in [0.15, 0.2) is 0 Å². The molecule has 0 aromatic heterocycles. The molecule has 0 aliphatic heterocycles. The molecule has 0 radical (unpaired) electrons. The van der Waals surface area contributed by atoms with Crippen LogP contribution in [0.3, 0.4) is 0 Å². The quantitative estimate of drug-likeness (QED) is 0.323. The molecule has 1 aromatic rings. The van der Waals surface area contributed by atoms with E-state index in [1.54, 1.807) is 0 Å². The van der Waals surface area contributed by atoms with Crippen LogP contribution in [0.4, 0.5) is 0 Å². The highest BCUT2D eigenvalue weighted by Crippen LogP contribution is 2.11. The zero-order valence-electron chi connectivity index (χ0n) is 13.0. The van der Waals surface area contributed by atoms with Crippen LogP contribution in [0, 0.1) is 0 Å². The summed E-state index contributed by atoms with van der Waals surface area (Å²) in [6.07, 6.45) is 1.20. The Morgan fingerprint density at radius 1 is 1.29 bits per heavy atom. The summed E-state index contributed by atoms with van der Waals surface area (Å²) in [5, 5.41) is 0. The van der Waals surface area contributed by atoms with E-state index in [0.29, 0.717) is 6.61 Å². The summed E-state index contributed by atoms with van der Waals surface area (Å²) in [5.74, 6) is -0.350.